The third-order valence-corrected chi connectivity index (χ3v) is 2.59. The monoisotopic (exact) mass is 286 g/mol. The number of carbonyl (C=O) groups excluding carboxylic acids is 1. The average molecular weight is 286 g/mol. The van der Waals surface area contributed by atoms with Crippen molar-refractivity contribution in [2.45, 2.75) is 0 Å². The number of anilines is 1. The minimum atomic E-state index is -0.845. The normalized spacial score (nSPS) is 9.71. The molecule has 1 amide bonds. The van der Waals surface area contributed by atoms with E-state index < -0.39 is 22.3 Å². The van der Waals surface area contributed by atoms with E-state index in [2.05, 4.69) is 10.3 Å². The minimum absolute atomic E-state index is 0.0785. The summed E-state index contributed by atoms with van der Waals surface area (Å²) in [7, 11) is 0. The summed E-state index contributed by atoms with van der Waals surface area (Å²) in [5.74, 6) is -1.69. The van der Waals surface area contributed by atoms with Gasteiger partial charge in [0.2, 0.25) is 0 Å². The number of pyridine rings is 1. The molecule has 2 aromatic rings. The second-order valence-electron chi connectivity index (χ2n) is 3.91. The Morgan fingerprint density at radius 2 is 2.19 bits per heavy atom. The van der Waals surface area contributed by atoms with Crippen molar-refractivity contribution in [3.63, 3.8) is 0 Å². The Morgan fingerprint density at radius 3 is 2.81 bits per heavy atom. The summed E-state index contributed by atoms with van der Waals surface area (Å²) in [5, 5.41) is 21.9. The van der Waals surface area contributed by atoms with E-state index in [-0.39, 0.29) is 16.8 Å². The number of aromatic nitrogens is 1. The van der Waals surface area contributed by atoms with E-state index in [9.17, 15) is 19.3 Å². The summed E-state index contributed by atoms with van der Waals surface area (Å²) < 4.78 is 13.4. The first kappa shape index (κ1) is 14.1. The standard InChI is InChI=1S/C13H7FN4O3/c14-10-7-16-4-3-9(10)13(19)17-11-2-1-8(6-15)5-12(11)18(20)21/h1-5,7H,(H,17,19). The minimum Gasteiger partial charge on any atom is -0.316 e. The van der Waals surface area contributed by atoms with Crippen LogP contribution in [0.5, 0.6) is 0 Å². The number of nitro groups is 1. The predicted octanol–water partition coefficient (Wildman–Crippen LogP) is 2.25. The Kier molecular flexibility index (Phi) is 3.85. The maximum Gasteiger partial charge on any atom is 0.294 e. The molecule has 0 bridgehead atoms. The summed E-state index contributed by atoms with van der Waals surface area (Å²) in [5.41, 5.74) is -0.782. The Labute approximate surface area is 117 Å². The fourth-order valence-electron chi connectivity index (χ4n) is 1.61. The molecule has 2 rings (SSSR count). The summed E-state index contributed by atoms with van der Waals surface area (Å²) >= 11 is 0. The molecule has 0 saturated heterocycles. The van der Waals surface area contributed by atoms with Gasteiger partial charge in [-0.1, -0.05) is 0 Å². The highest BCUT2D eigenvalue weighted by atomic mass is 19.1. The Hall–Kier alpha value is -3.34. The highest BCUT2D eigenvalue weighted by molar-refractivity contribution is 6.05. The van der Waals surface area contributed by atoms with Crippen molar-refractivity contribution in [3.05, 3.63) is 63.7 Å². The van der Waals surface area contributed by atoms with Crippen LogP contribution in [-0.2, 0) is 0 Å². The molecule has 0 aliphatic heterocycles. The molecular weight excluding hydrogens is 279 g/mol. The van der Waals surface area contributed by atoms with Gasteiger partial charge in [-0.25, -0.2) is 4.39 Å². The zero-order valence-corrected chi connectivity index (χ0v) is 10.4. The molecule has 0 saturated carbocycles. The second-order valence-corrected chi connectivity index (χ2v) is 3.91. The lowest BCUT2D eigenvalue weighted by Crippen LogP contribution is -2.15. The van der Waals surface area contributed by atoms with Crippen molar-refractivity contribution in [3.8, 4) is 6.07 Å². The number of nitrogens with zero attached hydrogens (tertiary/aromatic N) is 3. The number of nitriles is 1. The van der Waals surface area contributed by atoms with Gasteiger partial charge >= 0.3 is 0 Å². The number of nitrogens with one attached hydrogen (secondary N) is 1. The van der Waals surface area contributed by atoms with Crippen LogP contribution in [0.25, 0.3) is 0 Å². The van der Waals surface area contributed by atoms with Crippen molar-refractivity contribution in [2.24, 2.45) is 0 Å². The van der Waals surface area contributed by atoms with Gasteiger partial charge in [-0.15, -0.1) is 0 Å². The molecule has 104 valence electrons. The highest BCUT2D eigenvalue weighted by Crippen LogP contribution is 2.26. The largest absolute Gasteiger partial charge is 0.316 e. The van der Waals surface area contributed by atoms with E-state index in [0.29, 0.717) is 0 Å². The van der Waals surface area contributed by atoms with Crippen LogP contribution in [0.4, 0.5) is 15.8 Å². The Morgan fingerprint density at radius 1 is 1.43 bits per heavy atom. The number of halogens is 1. The topological polar surface area (TPSA) is 109 Å². The quantitative estimate of drug-likeness (QED) is 0.687. The fourth-order valence-corrected chi connectivity index (χ4v) is 1.61. The molecule has 1 N–H and O–H groups in total. The van der Waals surface area contributed by atoms with Crippen LogP contribution in [0.15, 0.2) is 36.7 Å². The van der Waals surface area contributed by atoms with Gasteiger partial charge in [-0.3, -0.25) is 19.9 Å². The molecule has 0 radical (unpaired) electrons. The molecule has 1 aromatic carbocycles. The Balaban J connectivity index is 2.36. The van der Waals surface area contributed by atoms with Gasteiger partial charge in [0, 0.05) is 12.3 Å². The molecule has 7 nitrogen and oxygen atoms in total. The van der Waals surface area contributed by atoms with Crippen LogP contribution >= 0.6 is 0 Å². The summed E-state index contributed by atoms with van der Waals surface area (Å²) in [6, 6.07) is 6.46. The number of hydrogen-bond acceptors (Lipinski definition) is 5. The van der Waals surface area contributed by atoms with Crippen molar-refractivity contribution in [2.75, 3.05) is 5.32 Å². The fraction of sp³-hybridized carbons (Fsp3) is 0. The average Bonchev–Trinajstić information content (AvgIpc) is 2.47. The zero-order valence-electron chi connectivity index (χ0n) is 10.4. The van der Waals surface area contributed by atoms with Gasteiger partial charge in [-0.05, 0) is 18.2 Å². The Bertz CT molecular complexity index is 770. The molecule has 0 unspecified atom stereocenters. The highest BCUT2D eigenvalue weighted by Gasteiger charge is 2.19. The number of carbonyl (C=O) groups is 1. The number of nitro benzene ring substituents is 1. The molecule has 0 atom stereocenters. The molecule has 1 heterocycles. The smallest absolute Gasteiger partial charge is 0.294 e. The van der Waals surface area contributed by atoms with Gasteiger partial charge in [0.05, 0.1) is 28.3 Å². The van der Waals surface area contributed by atoms with Crippen LogP contribution < -0.4 is 5.32 Å². The summed E-state index contributed by atoms with van der Waals surface area (Å²) in [4.78, 5) is 25.6. The molecule has 0 aliphatic rings. The molecular formula is C13H7FN4O3. The van der Waals surface area contributed by atoms with Crippen molar-refractivity contribution < 1.29 is 14.1 Å². The van der Waals surface area contributed by atoms with Crippen LogP contribution in [0.3, 0.4) is 0 Å². The van der Waals surface area contributed by atoms with Gasteiger partial charge in [0.15, 0.2) is 5.82 Å². The lowest BCUT2D eigenvalue weighted by Gasteiger charge is -2.06. The van der Waals surface area contributed by atoms with Gasteiger partial charge < -0.3 is 5.32 Å². The molecule has 0 spiro atoms. The third kappa shape index (κ3) is 2.98. The SMILES string of the molecule is N#Cc1ccc(NC(=O)c2ccncc2F)c([N+](=O)[O-])c1. The molecule has 1 aromatic heterocycles. The third-order valence-electron chi connectivity index (χ3n) is 2.59. The van der Waals surface area contributed by atoms with Crippen molar-refractivity contribution in [1.29, 1.82) is 5.26 Å². The van der Waals surface area contributed by atoms with E-state index in [1.54, 1.807) is 6.07 Å². The zero-order chi connectivity index (χ0) is 15.4. The number of amides is 1. The first-order chi connectivity index (χ1) is 10.0. The van der Waals surface area contributed by atoms with Gasteiger partial charge in [0.25, 0.3) is 11.6 Å². The predicted molar refractivity (Wildman–Crippen MR) is 70.0 cm³/mol. The maximum atomic E-state index is 13.4. The maximum absolute atomic E-state index is 13.4. The molecule has 0 aliphatic carbocycles. The van der Waals surface area contributed by atoms with E-state index in [1.165, 1.54) is 18.3 Å². The van der Waals surface area contributed by atoms with E-state index >= 15 is 0 Å². The molecule has 21 heavy (non-hydrogen) atoms. The van der Waals surface area contributed by atoms with E-state index in [0.717, 1.165) is 18.3 Å². The number of hydrogen-bond donors (Lipinski definition) is 1. The lowest BCUT2D eigenvalue weighted by atomic mass is 10.1. The van der Waals surface area contributed by atoms with Crippen LogP contribution in [0.1, 0.15) is 15.9 Å². The molecule has 8 heteroatoms. The first-order valence-electron chi connectivity index (χ1n) is 5.62. The van der Waals surface area contributed by atoms with E-state index in [1.807, 2.05) is 0 Å². The van der Waals surface area contributed by atoms with Crippen LogP contribution in [-0.4, -0.2) is 15.8 Å². The van der Waals surface area contributed by atoms with E-state index in [4.69, 9.17) is 5.26 Å². The number of rotatable bonds is 3. The van der Waals surface area contributed by atoms with Crippen molar-refractivity contribution >= 4 is 17.3 Å². The second kappa shape index (κ2) is 5.75. The molecule has 0 fully saturated rings. The van der Waals surface area contributed by atoms with Crippen LogP contribution in [0, 0.1) is 27.3 Å². The van der Waals surface area contributed by atoms with Gasteiger partial charge in [0.1, 0.15) is 5.69 Å². The van der Waals surface area contributed by atoms with Crippen LogP contribution in [0.2, 0.25) is 0 Å². The summed E-state index contributed by atoms with van der Waals surface area (Å²) in [6.07, 6.45) is 2.09. The summed E-state index contributed by atoms with van der Waals surface area (Å²) in [6.45, 7) is 0. The van der Waals surface area contributed by atoms with Gasteiger partial charge in [-0.2, -0.15) is 5.26 Å². The van der Waals surface area contributed by atoms with Crippen molar-refractivity contribution in [1.82, 2.24) is 4.98 Å². The first-order valence-corrected chi connectivity index (χ1v) is 5.62. The lowest BCUT2D eigenvalue weighted by molar-refractivity contribution is -0.383. The number of benzene rings is 1.